The van der Waals surface area contributed by atoms with Crippen LogP contribution in [0.1, 0.15) is 17.0 Å². The van der Waals surface area contributed by atoms with Crippen LogP contribution in [0.25, 0.3) is 0 Å². The lowest BCUT2D eigenvalue weighted by molar-refractivity contribution is 0.716. The fraction of sp³-hybridized carbons (Fsp3) is 0.333. The van der Waals surface area contributed by atoms with Crippen molar-refractivity contribution in [3.63, 3.8) is 0 Å². The van der Waals surface area contributed by atoms with E-state index < -0.39 is 0 Å². The van der Waals surface area contributed by atoms with E-state index in [0.717, 1.165) is 34.7 Å². The third-order valence-electron chi connectivity index (χ3n) is 4.32. The number of hydrogen-bond donors (Lipinski definition) is 1. The van der Waals surface area contributed by atoms with Gasteiger partial charge in [-0.1, -0.05) is 24.3 Å². The van der Waals surface area contributed by atoms with E-state index in [1.807, 2.05) is 0 Å². The van der Waals surface area contributed by atoms with Crippen molar-refractivity contribution in [2.45, 2.75) is 12.3 Å². The van der Waals surface area contributed by atoms with Crippen LogP contribution in [0.2, 0.25) is 0 Å². The van der Waals surface area contributed by atoms with Gasteiger partial charge in [-0.2, -0.15) is 0 Å². The van der Waals surface area contributed by atoms with Crippen molar-refractivity contribution in [1.29, 1.82) is 0 Å². The van der Waals surface area contributed by atoms with Gasteiger partial charge in [0.1, 0.15) is 0 Å². The van der Waals surface area contributed by atoms with Crippen LogP contribution in [0, 0.1) is 11.8 Å². The van der Waals surface area contributed by atoms with Gasteiger partial charge in [-0.25, -0.2) is 9.97 Å². The maximum Gasteiger partial charge on any atom is 0.222 e. The standard InChI is InChI=1S/C15H14BrN3/c16-10-6-17-15(18-7-10)19-8-13-12-5-9-3-1-2-4-11(9)14(12)13/h1-4,6-7,12-14H,5,8H2,(H,17,18,19). The molecule has 0 radical (unpaired) electrons. The van der Waals surface area contributed by atoms with Crippen molar-refractivity contribution < 1.29 is 0 Å². The molecule has 2 aromatic rings. The van der Waals surface area contributed by atoms with Crippen molar-refractivity contribution in [2.75, 3.05) is 11.9 Å². The van der Waals surface area contributed by atoms with Gasteiger partial charge in [0.2, 0.25) is 5.95 Å². The third kappa shape index (κ3) is 1.94. The van der Waals surface area contributed by atoms with E-state index in [9.17, 15) is 0 Å². The number of benzene rings is 1. The molecule has 1 heterocycles. The average molecular weight is 316 g/mol. The normalized spacial score (nSPS) is 26.7. The Balaban J connectivity index is 1.41. The molecule has 4 heteroatoms. The minimum Gasteiger partial charge on any atom is -0.354 e. The van der Waals surface area contributed by atoms with E-state index in [1.165, 1.54) is 6.42 Å². The number of aromatic nitrogens is 2. The van der Waals surface area contributed by atoms with Crippen molar-refractivity contribution >= 4 is 21.9 Å². The summed E-state index contributed by atoms with van der Waals surface area (Å²) in [6, 6.07) is 8.86. The van der Waals surface area contributed by atoms with Gasteiger partial charge in [0.05, 0.1) is 4.47 Å². The van der Waals surface area contributed by atoms with Crippen LogP contribution >= 0.6 is 15.9 Å². The number of fused-ring (bicyclic) bond motifs is 3. The minimum atomic E-state index is 0.724. The SMILES string of the molecule is Brc1cnc(NCC2C3Cc4ccccc4C23)nc1. The van der Waals surface area contributed by atoms with Crippen molar-refractivity contribution in [3.05, 3.63) is 52.3 Å². The molecule has 0 bridgehead atoms. The van der Waals surface area contributed by atoms with E-state index in [4.69, 9.17) is 0 Å². The highest BCUT2D eigenvalue weighted by Crippen LogP contribution is 2.61. The largest absolute Gasteiger partial charge is 0.354 e. The molecule has 1 N–H and O–H groups in total. The molecule has 1 aromatic heterocycles. The monoisotopic (exact) mass is 315 g/mol. The molecule has 0 spiro atoms. The zero-order valence-electron chi connectivity index (χ0n) is 10.4. The topological polar surface area (TPSA) is 37.8 Å². The van der Waals surface area contributed by atoms with Crippen LogP contribution in [-0.4, -0.2) is 16.5 Å². The summed E-state index contributed by atoms with van der Waals surface area (Å²) in [5.74, 6) is 3.07. The van der Waals surface area contributed by atoms with Crippen molar-refractivity contribution in [3.8, 4) is 0 Å². The van der Waals surface area contributed by atoms with Crippen molar-refractivity contribution in [2.24, 2.45) is 11.8 Å². The molecule has 1 aromatic carbocycles. The first-order chi connectivity index (χ1) is 9.33. The lowest BCUT2D eigenvalue weighted by Crippen LogP contribution is -2.10. The summed E-state index contributed by atoms with van der Waals surface area (Å²) < 4.78 is 0.912. The molecule has 0 amide bonds. The zero-order chi connectivity index (χ0) is 12.8. The Labute approximate surface area is 120 Å². The number of anilines is 1. The molecule has 2 aliphatic rings. The first kappa shape index (κ1) is 11.4. The van der Waals surface area contributed by atoms with Gasteiger partial charge in [-0.15, -0.1) is 0 Å². The van der Waals surface area contributed by atoms with Gasteiger partial charge in [0.15, 0.2) is 0 Å². The number of nitrogens with zero attached hydrogens (tertiary/aromatic N) is 2. The van der Waals surface area contributed by atoms with E-state index in [1.54, 1.807) is 23.5 Å². The minimum absolute atomic E-state index is 0.724. The Morgan fingerprint density at radius 1 is 1.21 bits per heavy atom. The molecule has 4 rings (SSSR count). The molecule has 1 saturated carbocycles. The van der Waals surface area contributed by atoms with Crippen LogP contribution in [0.15, 0.2) is 41.1 Å². The van der Waals surface area contributed by atoms with Crippen LogP contribution in [0.4, 0.5) is 5.95 Å². The second-order valence-corrected chi connectivity index (χ2v) is 6.28. The van der Waals surface area contributed by atoms with Gasteiger partial charge in [-0.3, -0.25) is 0 Å². The molecule has 19 heavy (non-hydrogen) atoms. The van der Waals surface area contributed by atoms with Gasteiger partial charge >= 0.3 is 0 Å². The van der Waals surface area contributed by atoms with Gasteiger partial charge < -0.3 is 5.32 Å². The molecule has 3 atom stereocenters. The average Bonchev–Trinajstić information content (AvgIpc) is 2.97. The molecular weight excluding hydrogens is 302 g/mol. The summed E-state index contributed by atoms with van der Waals surface area (Å²) in [6.07, 6.45) is 4.80. The molecule has 2 aliphatic carbocycles. The highest BCUT2D eigenvalue weighted by Gasteiger charge is 2.54. The number of halogens is 1. The van der Waals surface area contributed by atoms with E-state index in [2.05, 4.69) is 55.5 Å². The lowest BCUT2D eigenvalue weighted by Gasteiger charge is -2.08. The van der Waals surface area contributed by atoms with Gasteiger partial charge in [-0.05, 0) is 51.2 Å². The Morgan fingerprint density at radius 2 is 2.00 bits per heavy atom. The molecule has 3 nitrogen and oxygen atoms in total. The maximum absolute atomic E-state index is 4.25. The Hall–Kier alpha value is -1.42. The molecule has 3 unspecified atom stereocenters. The van der Waals surface area contributed by atoms with Gasteiger partial charge in [0, 0.05) is 18.9 Å². The zero-order valence-corrected chi connectivity index (χ0v) is 12.0. The predicted octanol–water partition coefficient (Wildman–Crippen LogP) is 3.24. The maximum atomic E-state index is 4.25. The Morgan fingerprint density at radius 3 is 2.84 bits per heavy atom. The first-order valence-corrected chi connectivity index (χ1v) is 7.41. The van der Waals surface area contributed by atoms with Crippen molar-refractivity contribution in [1.82, 2.24) is 9.97 Å². The second kappa shape index (κ2) is 4.30. The molecular formula is C15H14BrN3. The quantitative estimate of drug-likeness (QED) is 0.945. The molecule has 96 valence electrons. The van der Waals surface area contributed by atoms with E-state index in [-0.39, 0.29) is 0 Å². The molecule has 0 saturated heterocycles. The second-order valence-electron chi connectivity index (χ2n) is 5.36. The summed E-state index contributed by atoms with van der Waals surface area (Å²) >= 11 is 3.34. The number of hydrogen-bond acceptors (Lipinski definition) is 3. The Kier molecular flexibility index (Phi) is 2.58. The highest BCUT2D eigenvalue weighted by atomic mass is 79.9. The summed E-state index contributed by atoms with van der Waals surface area (Å²) in [5, 5.41) is 3.35. The van der Waals surface area contributed by atoms with Crippen LogP contribution < -0.4 is 5.32 Å². The van der Waals surface area contributed by atoms with Crippen LogP contribution in [0.3, 0.4) is 0 Å². The fourth-order valence-corrected chi connectivity index (χ4v) is 3.58. The predicted molar refractivity (Wildman–Crippen MR) is 78.1 cm³/mol. The third-order valence-corrected chi connectivity index (χ3v) is 4.73. The number of rotatable bonds is 3. The lowest BCUT2D eigenvalue weighted by atomic mass is 10.0. The molecule has 1 fully saturated rings. The van der Waals surface area contributed by atoms with Crippen LogP contribution in [0.5, 0.6) is 0 Å². The molecule has 0 aliphatic heterocycles. The smallest absolute Gasteiger partial charge is 0.222 e. The van der Waals surface area contributed by atoms with Gasteiger partial charge in [0.25, 0.3) is 0 Å². The first-order valence-electron chi connectivity index (χ1n) is 6.62. The summed E-state index contributed by atoms with van der Waals surface area (Å²) in [4.78, 5) is 8.49. The summed E-state index contributed by atoms with van der Waals surface area (Å²) in [7, 11) is 0. The number of nitrogens with one attached hydrogen (secondary N) is 1. The van der Waals surface area contributed by atoms with Crippen LogP contribution in [-0.2, 0) is 6.42 Å². The van der Waals surface area contributed by atoms with E-state index >= 15 is 0 Å². The summed E-state index contributed by atoms with van der Waals surface area (Å²) in [6.45, 7) is 0.977. The fourth-order valence-electron chi connectivity index (χ4n) is 3.37. The highest BCUT2D eigenvalue weighted by molar-refractivity contribution is 9.10. The van der Waals surface area contributed by atoms with E-state index in [0.29, 0.717) is 0 Å². The Bertz CT molecular complexity index is 611. The summed E-state index contributed by atoms with van der Waals surface area (Å²) in [5.41, 5.74) is 3.12.